The fourth-order valence-corrected chi connectivity index (χ4v) is 2.01. The van der Waals surface area contributed by atoms with Crippen LogP contribution < -0.4 is 5.63 Å². The molecule has 1 aromatic carbocycles. The summed E-state index contributed by atoms with van der Waals surface area (Å²) in [5.41, 5.74) is -0.397. The van der Waals surface area contributed by atoms with Gasteiger partial charge in [-0.3, -0.25) is 4.79 Å². The van der Waals surface area contributed by atoms with Gasteiger partial charge in [-0.2, -0.15) is 0 Å². The Bertz CT molecular complexity index is 729. The highest BCUT2D eigenvalue weighted by molar-refractivity contribution is 5.98. The predicted octanol–water partition coefficient (Wildman–Crippen LogP) is 1.55. The summed E-state index contributed by atoms with van der Waals surface area (Å²) in [6.45, 7) is 1.27. The monoisotopic (exact) mass is 276 g/mol. The third-order valence-electron chi connectivity index (χ3n) is 2.71. The number of hydrogen-bond donors (Lipinski definition) is 3. The van der Waals surface area contributed by atoms with E-state index >= 15 is 0 Å². The Kier molecular flexibility index (Phi) is 3.47. The van der Waals surface area contributed by atoms with Crippen LogP contribution in [0.4, 0.5) is 0 Å². The Balaban J connectivity index is 2.52. The number of carbonyl (C=O) groups excluding carboxylic acids is 1. The smallest absolute Gasteiger partial charge is 0.339 e. The van der Waals surface area contributed by atoms with Crippen LogP contribution in [0, 0.1) is 0 Å². The van der Waals surface area contributed by atoms with Crippen molar-refractivity contribution in [2.24, 2.45) is 0 Å². The average molecular weight is 276 g/mol. The summed E-state index contributed by atoms with van der Waals surface area (Å²) in [7, 11) is 0. The molecule has 1 heterocycles. The van der Waals surface area contributed by atoms with Crippen LogP contribution in [-0.2, 0) is 6.42 Å². The number of phenols is 2. The first-order valence-electron chi connectivity index (χ1n) is 5.75. The largest absolute Gasteiger partial charge is 0.508 e. The third-order valence-corrected chi connectivity index (χ3v) is 2.71. The van der Waals surface area contributed by atoms with E-state index in [0.717, 1.165) is 12.1 Å². The van der Waals surface area contributed by atoms with Gasteiger partial charge in [0.1, 0.15) is 23.0 Å². The molecule has 0 saturated heterocycles. The van der Waals surface area contributed by atoms with Crippen molar-refractivity contribution >= 4 is 5.78 Å². The molecule has 104 valence electrons. The van der Waals surface area contributed by atoms with Crippen LogP contribution in [0.15, 0.2) is 33.5 Å². The van der Waals surface area contributed by atoms with E-state index in [1.54, 1.807) is 0 Å². The molecular weight excluding hydrogens is 264 g/mol. The van der Waals surface area contributed by atoms with E-state index in [4.69, 9.17) is 4.42 Å². The van der Waals surface area contributed by atoms with Gasteiger partial charge in [0, 0.05) is 18.6 Å². The molecule has 0 radical (unpaired) electrons. The molecule has 0 spiro atoms. The fraction of sp³-hybridized carbons (Fsp3) is 0.143. The number of phenolic OH excluding ortho intramolecular Hbond substituents is 2. The summed E-state index contributed by atoms with van der Waals surface area (Å²) in [6, 6.07) is 4.49. The van der Waals surface area contributed by atoms with E-state index in [1.807, 2.05) is 0 Å². The average Bonchev–Trinajstić information content (AvgIpc) is 2.25. The molecule has 0 atom stereocenters. The number of Topliss-reactive ketones (excluding diaryl/α,β-unsaturated/α-hetero) is 1. The molecule has 6 heteroatoms. The topological polar surface area (TPSA) is 108 Å². The molecule has 0 bridgehead atoms. The van der Waals surface area contributed by atoms with Gasteiger partial charge in [0.2, 0.25) is 0 Å². The molecule has 3 N–H and O–H groups in total. The Labute approximate surface area is 113 Å². The number of benzene rings is 1. The second-order valence-electron chi connectivity index (χ2n) is 4.33. The van der Waals surface area contributed by atoms with Crippen LogP contribution >= 0.6 is 0 Å². The standard InChI is InChI=1S/C14H12O6/c1-7(15)14-8(2-9(16)5-12(14)18)3-11-4-10(17)6-13(19)20-11/h2,4-6,16-18H,3H2,1H3. The molecule has 6 nitrogen and oxygen atoms in total. The molecule has 0 unspecified atom stereocenters. The van der Waals surface area contributed by atoms with E-state index < -0.39 is 5.63 Å². The number of hydrogen-bond acceptors (Lipinski definition) is 6. The molecule has 0 aliphatic carbocycles. The van der Waals surface area contributed by atoms with E-state index in [9.17, 15) is 24.9 Å². The van der Waals surface area contributed by atoms with Crippen LogP contribution in [0.5, 0.6) is 17.2 Å². The van der Waals surface area contributed by atoms with Gasteiger partial charge in [-0.25, -0.2) is 4.79 Å². The Hall–Kier alpha value is -2.76. The maximum Gasteiger partial charge on any atom is 0.339 e. The summed E-state index contributed by atoms with van der Waals surface area (Å²) < 4.78 is 4.89. The highest BCUT2D eigenvalue weighted by Gasteiger charge is 2.16. The van der Waals surface area contributed by atoms with Crippen LogP contribution in [0.25, 0.3) is 0 Å². The van der Waals surface area contributed by atoms with Gasteiger partial charge in [0.25, 0.3) is 0 Å². The van der Waals surface area contributed by atoms with Crippen LogP contribution in [0.1, 0.15) is 28.6 Å². The van der Waals surface area contributed by atoms with Crippen molar-refractivity contribution in [2.75, 3.05) is 0 Å². The van der Waals surface area contributed by atoms with Crippen molar-refractivity contribution in [3.05, 3.63) is 51.6 Å². The lowest BCUT2D eigenvalue weighted by molar-refractivity contribution is 0.101. The molecule has 0 saturated carbocycles. The van der Waals surface area contributed by atoms with Gasteiger partial charge in [-0.05, 0) is 18.6 Å². The normalized spacial score (nSPS) is 10.4. The van der Waals surface area contributed by atoms with Crippen LogP contribution in [0.3, 0.4) is 0 Å². The SMILES string of the molecule is CC(=O)c1c(O)cc(O)cc1Cc1cc(O)cc(=O)o1. The lowest BCUT2D eigenvalue weighted by atomic mass is 9.99. The minimum absolute atomic E-state index is 0.0273. The molecular formula is C14H12O6. The molecule has 0 aliphatic rings. The molecule has 20 heavy (non-hydrogen) atoms. The van der Waals surface area contributed by atoms with Crippen LogP contribution in [0.2, 0.25) is 0 Å². The van der Waals surface area contributed by atoms with Gasteiger partial charge < -0.3 is 19.7 Å². The van der Waals surface area contributed by atoms with E-state index in [0.29, 0.717) is 5.56 Å². The van der Waals surface area contributed by atoms with Crippen molar-refractivity contribution in [3.63, 3.8) is 0 Å². The minimum atomic E-state index is -0.728. The second kappa shape index (κ2) is 5.08. The Morgan fingerprint density at radius 1 is 1.10 bits per heavy atom. The minimum Gasteiger partial charge on any atom is -0.508 e. The van der Waals surface area contributed by atoms with Gasteiger partial charge >= 0.3 is 5.63 Å². The number of aromatic hydroxyl groups is 3. The first-order chi connectivity index (χ1) is 9.36. The molecule has 0 aliphatic heterocycles. The number of rotatable bonds is 3. The molecule has 0 fully saturated rings. The van der Waals surface area contributed by atoms with Crippen molar-refractivity contribution in [2.45, 2.75) is 13.3 Å². The summed E-state index contributed by atoms with van der Waals surface area (Å²) in [5.74, 6) is -1.10. The Morgan fingerprint density at radius 2 is 1.75 bits per heavy atom. The summed E-state index contributed by atoms with van der Waals surface area (Å²) in [6.07, 6.45) is -0.0273. The third kappa shape index (κ3) is 2.80. The summed E-state index contributed by atoms with van der Waals surface area (Å²) in [5, 5.41) is 28.5. The van der Waals surface area contributed by atoms with Gasteiger partial charge in [0.15, 0.2) is 5.78 Å². The van der Waals surface area contributed by atoms with Gasteiger partial charge in [0.05, 0.1) is 11.6 Å². The molecule has 2 rings (SSSR count). The van der Waals surface area contributed by atoms with E-state index in [-0.39, 0.29) is 40.8 Å². The highest BCUT2D eigenvalue weighted by Crippen LogP contribution is 2.29. The molecule has 0 amide bonds. The van der Waals surface area contributed by atoms with E-state index in [1.165, 1.54) is 19.1 Å². The fourth-order valence-electron chi connectivity index (χ4n) is 2.01. The molecule has 2 aromatic rings. The zero-order valence-corrected chi connectivity index (χ0v) is 10.6. The maximum atomic E-state index is 11.5. The summed E-state index contributed by atoms with van der Waals surface area (Å²) in [4.78, 5) is 22.7. The first kappa shape index (κ1) is 13.7. The van der Waals surface area contributed by atoms with Crippen molar-refractivity contribution in [1.82, 2.24) is 0 Å². The van der Waals surface area contributed by atoms with Crippen molar-refractivity contribution < 1.29 is 24.5 Å². The van der Waals surface area contributed by atoms with Crippen molar-refractivity contribution in [3.8, 4) is 17.2 Å². The maximum absolute atomic E-state index is 11.5. The number of ketones is 1. The quantitative estimate of drug-likeness (QED) is 0.734. The predicted molar refractivity (Wildman–Crippen MR) is 69.2 cm³/mol. The highest BCUT2D eigenvalue weighted by atomic mass is 16.4. The summed E-state index contributed by atoms with van der Waals surface area (Å²) >= 11 is 0. The zero-order valence-electron chi connectivity index (χ0n) is 10.6. The van der Waals surface area contributed by atoms with Gasteiger partial charge in [-0.1, -0.05) is 0 Å². The lowest BCUT2D eigenvalue weighted by Crippen LogP contribution is -2.04. The second-order valence-corrected chi connectivity index (χ2v) is 4.33. The first-order valence-corrected chi connectivity index (χ1v) is 5.75. The zero-order chi connectivity index (χ0) is 14.9. The lowest BCUT2D eigenvalue weighted by Gasteiger charge is -2.09. The number of carbonyl (C=O) groups is 1. The van der Waals surface area contributed by atoms with E-state index in [2.05, 4.69) is 0 Å². The molecule has 1 aromatic heterocycles. The van der Waals surface area contributed by atoms with Gasteiger partial charge in [-0.15, -0.1) is 0 Å². The Morgan fingerprint density at radius 3 is 2.35 bits per heavy atom. The van der Waals surface area contributed by atoms with Crippen molar-refractivity contribution in [1.29, 1.82) is 0 Å². The van der Waals surface area contributed by atoms with Crippen LogP contribution in [-0.4, -0.2) is 21.1 Å².